The van der Waals surface area contributed by atoms with Crippen LogP contribution >= 0.6 is 11.3 Å². The predicted molar refractivity (Wildman–Crippen MR) is 104 cm³/mol. The second kappa shape index (κ2) is 9.16. The first-order chi connectivity index (χ1) is 12.6. The summed E-state index contributed by atoms with van der Waals surface area (Å²) in [5, 5.41) is 5.11. The first-order valence-corrected chi connectivity index (χ1v) is 9.83. The van der Waals surface area contributed by atoms with E-state index >= 15 is 0 Å². The molecule has 1 amide bonds. The standard InChI is InChI=1S/C20H26N2O3S/c1-15-5-6-18(16(2)12-15)25-14-20(23)21-13-17(19-4-3-11-26-19)22-7-9-24-10-8-22/h3-6,11-12,17H,7-10,13-14H2,1-2H3,(H,21,23). The molecule has 2 aromatic rings. The highest BCUT2D eigenvalue weighted by Crippen LogP contribution is 2.25. The van der Waals surface area contributed by atoms with E-state index in [1.807, 2.05) is 26.0 Å². The highest BCUT2D eigenvalue weighted by Gasteiger charge is 2.24. The fraction of sp³-hybridized carbons (Fsp3) is 0.450. The molecule has 1 N–H and O–H groups in total. The van der Waals surface area contributed by atoms with Crippen LogP contribution in [-0.2, 0) is 9.53 Å². The Kier molecular flexibility index (Phi) is 6.66. The number of nitrogens with zero attached hydrogens (tertiary/aromatic N) is 1. The zero-order chi connectivity index (χ0) is 18.4. The zero-order valence-electron chi connectivity index (χ0n) is 15.4. The van der Waals surface area contributed by atoms with Crippen molar-refractivity contribution in [2.75, 3.05) is 39.5 Å². The van der Waals surface area contributed by atoms with E-state index in [0.29, 0.717) is 6.54 Å². The van der Waals surface area contributed by atoms with Crippen molar-refractivity contribution in [3.8, 4) is 5.75 Å². The van der Waals surface area contributed by atoms with Gasteiger partial charge >= 0.3 is 0 Å². The summed E-state index contributed by atoms with van der Waals surface area (Å²) in [6, 6.07) is 10.3. The molecule has 0 bridgehead atoms. The molecule has 1 aliphatic rings. The number of hydrogen-bond donors (Lipinski definition) is 1. The van der Waals surface area contributed by atoms with Crippen molar-refractivity contribution in [2.45, 2.75) is 19.9 Å². The highest BCUT2D eigenvalue weighted by atomic mass is 32.1. The van der Waals surface area contributed by atoms with Crippen molar-refractivity contribution in [3.63, 3.8) is 0 Å². The normalized spacial score (nSPS) is 16.2. The summed E-state index contributed by atoms with van der Waals surface area (Å²) in [5.41, 5.74) is 2.23. The zero-order valence-corrected chi connectivity index (χ0v) is 16.2. The lowest BCUT2D eigenvalue weighted by Gasteiger charge is -2.34. The third kappa shape index (κ3) is 5.06. The number of nitrogens with one attached hydrogen (secondary N) is 1. The fourth-order valence-corrected chi connectivity index (χ4v) is 4.01. The van der Waals surface area contributed by atoms with Crippen LogP contribution in [0.3, 0.4) is 0 Å². The second-order valence-electron chi connectivity index (χ2n) is 6.54. The minimum absolute atomic E-state index is 0.0319. The number of benzene rings is 1. The second-order valence-corrected chi connectivity index (χ2v) is 7.52. The summed E-state index contributed by atoms with van der Waals surface area (Å²) in [5.74, 6) is 0.661. The van der Waals surface area contributed by atoms with Gasteiger partial charge in [-0.05, 0) is 36.9 Å². The van der Waals surface area contributed by atoms with Crippen LogP contribution in [-0.4, -0.2) is 50.3 Å². The number of carbonyl (C=O) groups is 1. The molecule has 3 rings (SSSR count). The highest BCUT2D eigenvalue weighted by molar-refractivity contribution is 7.10. The van der Waals surface area contributed by atoms with E-state index in [0.717, 1.165) is 37.6 Å². The summed E-state index contributed by atoms with van der Waals surface area (Å²) in [6.07, 6.45) is 0. The van der Waals surface area contributed by atoms with Crippen LogP contribution in [0, 0.1) is 13.8 Å². The summed E-state index contributed by atoms with van der Waals surface area (Å²) >= 11 is 1.72. The van der Waals surface area contributed by atoms with Crippen LogP contribution in [0.4, 0.5) is 0 Å². The predicted octanol–water partition coefficient (Wildman–Crippen LogP) is 2.93. The Morgan fingerprint density at radius 3 is 2.81 bits per heavy atom. The summed E-state index contributed by atoms with van der Waals surface area (Å²) < 4.78 is 11.1. The van der Waals surface area contributed by atoms with E-state index in [-0.39, 0.29) is 18.6 Å². The Morgan fingerprint density at radius 2 is 2.12 bits per heavy atom. The van der Waals surface area contributed by atoms with Crippen molar-refractivity contribution >= 4 is 17.2 Å². The molecule has 26 heavy (non-hydrogen) atoms. The van der Waals surface area contributed by atoms with Gasteiger partial charge in [-0.2, -0.15) is 0 Å². The molecule has 140 valence electrons. The quantitative estimate of drug-likeness (QED) is 0.810. The van der Waals surface area contributed by atoms with Gasteiger partial charge in [0.05, 0.1) is 19.3 Å². The molecule has 0 aliphatic carbocycles. The number of aryl methyl sites for hydroxylation is 2. The first kappa shape index (κ1) is 18.9. The average molecular weight is 375 g/mol. The maximum Gasteiger partial charge on any atom is 0.258 e. The van der Waals surface area contributed by atoms with Gasteiger partial charge in [0.25, 0.3) is 5.91 Å². The van der Waals surface area contributed by atoms with Crippen LogP contribution in [0.15, 0.2) is 35.7 Å². The van der Waals surface area contributed by atoms with Gasteiger partial charge in [-0.15, -0.1) is 11.3 Å². The molecule has 1 atom stereocenters. The maximum absolute atomic E-state index is 12.3. The number of rotatable bonds is 7. The molecule has 1 saturated heterocycles. The minimum atomic E-state index is -0.0974. The van der Waals surface area contributed by atoms with Gasteiger partial charge in [0.1, 0.15) is 5.75 Å². The van der Waals surface area contributed by atoms with Crippen LogP contribution in [0.1, 0.15) is 22.0 Å². The van der Waals surface area contributed by atoms with Gasteiger partial charge in [-0.3, -0.25) is 9.69 Å². The van der Waals surface area contributed by atoms with Crippen molar-refractivity contribution in [2.24, 2.45) is 0 Å². The molecule has 1 unspecified atom stereocenters. The largest absolute Gasteiger partial charge is 0.484 e. The molecule has 6 heteroatoms. The molecular weight excluding hydrogens is 348 g/mol. The topological polar surface area (TPSA) is 50.8 Å². The van der Waals surface area contributed by atoms with Crippen molar-refractivity contribution < 1.29 is 14.3 Å². The van der Waals surface area contributed by atoms with E-state index in [2.05, 4.69) is 33.8 Å². The SMILES string of the molecule is Cc1ccc(OCC(=O)NCC(c2cccs2)N2CCOCC2)c(C)c1. The maximum atomic E-state index is 12.3. The average Bonchev–Trinajstić information content (AvgIpc) is 3.16. The van der Waals surface area contributed by atoms with Crippen LogP contribution in [0.25, 0.3) is 0 Å². The molecule has 0 saturated carbocycles. The Balaban J connectivity index is 1.53. The van der Waals surface area contributed by atoms with E-state index in [1.54, 1.807) is 11.3 Å². The number of ether oxygens (including phenoxy) is 2. The number of carbonyl (C=O) groups excluding carboxylic acids is 1. The van der Waals surface area contributed by atoms with Gasteiger partial charge in [0, 0.05) is 24.5 Å². The molecule has 0 radical (unpaired) electrons. The number of morpholine rings is 1. The summed E-state index contributed by atoms with van der Waals surface area (Å²) in [6.45, 7) is 7.90. The lowest BCUT2D eigenvalue weighted by atomic mass is 10.1. The van der Waals surface area contributed by atoms with E-state index < -0.39 is 0 Å². The van der Waals surface area contributed by atoms with Crippen LogP contribution < -0.4 is 10.1 Å². The monoisotopic (exact) mass is 374 g/mol. The Bertz CT molecular complexity index is 712. The molecule has 1 aromatic heterocycles. The Hall–Kier alpha value is -1.89. The molecule has 0 spiro atoms. The van der Waals surface area contributed by atoms with Gasteiger partial charge in [0.15, 0.2) is 6.61 Å². The minimum Gasteiger partial charge on any atom is -0.484 e. The van der Waals surface area contributed by atoms with Gasteiger partial charge in [-0.1, -0.05) is 23.8 Å². The van der Waals surface area contributed by atoms with E-state index in [4.69, 9.17) is 9.47 Å². The van der Waals surface area contributed by atoms with Crippen LogP contribution in [0.5, 0.6) is 5.75 Å². The summed E-state index contributed by atoms with van der Waals surface area (Å²) in [7, 11) is 0. The third-order valence-electron chi connectivity index (χ3n) is 4.54. The lowest BCUT2D eigenvalue weighted by molar-refractivity contribution is -0.123. The van der Waals surface area contributed by atoms with Gasteiger partial charge < -0.3 is 14.8 Å². The Morgan fingerprint density at radius 1 is 1.31 bits per heavy atom. The number of amides is 1. The van der Waals surface area contributed by atoms with E-state index in [1.165, 1.54) is 10.4 Å². The molecule has 1 fully saturated rings. The molecule has 5 nitrogen and oxygen atoms in total. The van der Waals surface area contributed by atoms with E-state index in [9.17, 15) is 4.79 Å². The summed E-state index contributed by atoms with van der Waals surface area (Å²) in [4.78, 5) is 15.9. The number of thiophene rings is 1. The number of hydrogen-bond acceptors (Lipinski definition) is 5. The van der Waals surface area contributed by atoms with Gasteiger partial charge in [0.2, 0.25) is 0 Å². The lowest BCUT2D eigenvalue weighted by Crippen LogP contribution is -2.44. The van der Waals surface area contributed by atoms with Gasteiger partial charge in [-0.25, -0.2) is 0 Å². The fourth-order valence-electron chi connectivity index (χ4n) is 3.15. The first-order valence-electron chi connectivity index (χ1n) is 8.95. The smallest absolute Gasteiger partial charge is 0.258 e. The molecular formula is C20H26N2O3S. The molecule has 1 aliphatic heterocycles. The van der Waals surface area contributed by atoms with Crippen molar-refractivity contribution in [1.82, 2.24) is 10.2 Å². The van der Waals surface area contributed by atoms with Crippen molar-refractivity contribution in [1.29, 1.82) is 0 Å². The third-order valence-corrected chi connectivity index (χ3v) is 5.51. The Labute approximate surface area is 158 Å². The van der Waals surface area contributed by atoms with Crippen LogP contribution in [0.2, 0.25) is 0 Å². The molecule has 1 aromatic carbocycles. The molecule has 2 heterocycles. The van der Waals surface area contributed by atoms with Crippen molar-refractivity contribution in [3.05, 3.63) is 51.7 Å².